The molecule has 1 N–H and O–H groups in total. The highest BCUT2D eigenvalue weighted by molar-refractivity contribution is 6.08. The van der Waals surface area contributed by atoms with Crippen LogP contribution in [-0.4, -0.2) is 29.4 Å². The molecule has 0 aromatic carbocycles. The van der Waals surface area contributed by atoms with Crippen LogP contribution in [0, 0.1) is 22.7 Å². The van der Waals surface area contributed by atoms with E-state index in [1.165, 1.54) is 0 Å². The van der Waals surface area contributed by atoms with Crippen LogP contribution in [0.25, 0.3) is 0 Å². The summed E-state index contributed by atoms with van der Waals surface area (Å²) in [4.78, 5) is 36.2. The minimum atomic E-state index is -1.40. The van der Waals surface area contributed by atoms with Crippen LogP contribution in [0.2, 0.25) is 0 Å². The lowest BCUT2D eigenvalue weighted by Crippen LogP contribution is -2.58. The third kappa shape index (κ3) is 1.39. The number of aliphatic hydroxyl groups excluding tert-OH is 1. The standard InChI is InChI=1S/C15H18O5/c1-14(2)6-5-10(17)15-9(14)4-3-8(7-16)11(15)12(18)20-13(15)19/h3,7,9,11-12,18H,4-6H2,1-2H3. The molecule has 1 saturated heterocycles. The second-order valence-corrected chi connectivity index (χ2v) is 6.66. The van der Waals surface area contributed by atoms with Gasteiger partial charge in [0.05, 0.1) is 5.92 Å². The Balaban J connectivity index is 2.24. The van der Waals surface area contributed by atoms with Gasteiger partial charge in [0.2, 0.25) is 6.29 Å². The number of aliphatic hydroxyl groups is 1. The van der Waals surface area contributed by atoms with Crippen molar-refractivity contribution in [3.8, 4) is 0 Å². The average Bonchev–Trinajstić information content (AvgIpc) is 2.67. The lowest BCUT2D eigenvalue weighted by molar-refractivity contribution is -0.166. The third-order valence-corrected chi connectivity index (χ3v) is 5.38. The van der Waals surface area contributed by atoms with Gasteiger partial charge >= 0.3 is 5.97 Å². The molecule has 108 valence electrons. The molecule has 4 unspecified atom stereocenters. The zero-order chi connectivity index (χ0) is 14.7. The van der Waals surface area contributed by atoms with Gasteiger partial charge in [0, 0.05) is 6.42 Å². The van der Waals surface area contributed by atoms with E-state index in [-0.39, 0.29) is 23.5 Å². The number of ether oxygens (including phenoxy) is 1. The maximum Gasteiger partial charge on any atom is 0.323 e. The van der Waals surface area contributed by atoms with E-state index in [4.69, 9.17) is 4.74 Å². The molecule has 2 fully saturated rings. The van der Waals surface area contributed by atoms with E-state index < -0.39 is 23.6 Å². The van der Waals surface area contributed by atoms with Gasteiger partial charge in [-0.1, -0.05) is 19.9 Å². The fraction of sp³-hybridized carbons (Fsp3) is 0.667. The van der Waals surface area contributed by atoms with Gasteiger partial charge in [0.15, 0.2) is 5.78 Å². The molecule has 1 heterocycles. The largest absolute Gasteiger partial charge is 0.434 e. The van der Waals surface area contributed by atoms with Crippen LogP contribution in [0.15, 0.2) is 11.6 Å². The van der Waals surface area contributed by atoms with Gasteiger partial charge in [-0.15, -0.1) is 0 Å². The number of esters is 1. The highest BCUT2D eigenvalue weighted by Gasteiger charge is 2.70. The number of allylic oxidation sites excluding steroid dienone is 1. The number of aldehydes is 1. The summed E-state index contributed by atoms with van der Waals surface area (Å²) in [5.41, 5.74) is -1.27. The topological polar surface area (TPSA) is 80.7 Å². The number of rotatable bonds is 1. The summed E-state index contributed by atoms with van der Waals surface area (Å²) >= 11 is 0. The molecule has 5 heteroatoms. The van der Waals surface area contributed by atoms with Crippen LogP contribution in [0.3, 0.4) is 0 Å². The van der Waals surface area contributed by atoms with E-state index in [1.54, 1.807) is 6.08 Å². The van der Waals surface area contributed by atoms with E-state index in [9.17, 15) is 19.5 Å². The summed E-state index contributed by atoms with van der Waals surface area (Å²) in [6.07, 6.45) is 2.45. The molecule has 2 aliphatic carbocycles. The van der Waals surface area contributed by atoms with E-state index in [1.807, 2.05) is 13.8 Å². The Kier molecular flexibility index (Phi) is 2.70. The fourth-order valence-corrected chi connectivity index (χ4v) is 4.34. The van der Waals surface area contributed by atoms with Gasteiger partial charge in [-0.2, -0.15) is 0 Å². The predicted octanol–water partition coefficient (Wildman–Crippen LogP) is 0.999. The molecule has 0 aromatic rings. The smallest absolute Gasteiger partial charge is 0.323 e. The molecular weight excluding hydrogens is 260 g/mol. The maximum atomic E-state index is 12.6. The van der Waals surface area contributed by atoms with Crippen molar-refractivity contribution in [3.63, 3.8) is 0 Å². The van der Waals surface area contributed by atoms with Gasteiger partial charge in [-0.25, -0.2) is 0 Å². The molecule has 1 saturated carbocycles. The van der Waals surface area contributed by atoms with E-state index in [2.05, 4.69) is 0 Å². The Morgan fingerprint density at radius 1 is 1.40 bits per heavy atom. The number of hydrogen-bond donors (Lipinski definition) is 1. The van der Waals surface area contributed by atoms with Crippen molar-refractivity contribution in [1.29, 1.82) is 0 Å². The Bertz CT molecular complexity index is 522. The average molecular weight is 278 g/mol. The number of ketones is 1. The van der Waals surface area contributed by atoms with Gasteiger partial charge in [0.25, 0.3) is 0 Å². The SMILES string of the molecule is CC1(C)CCC(=O)C23C(=O)OC(O)C2C(C=O)=CCC13. The first-order chi connectivity index (χ1) is 9.35. The Hall–Kier alpha value is -1.49. The van der Waals surface area contributed by atoms with Gasteiger partial charge in [-0.05, 0) is 29.7 Å². The lowest BCUT2D eigenvalue weighted by atomic mass is 9.48. The van der Waals surface area contributed by atoms with Crippen molar-refractivity contribution in [1.82, 2.24) is 0 Å². The summed E-state index contributed by atoms with van der Waals surface area (Å²) in [6.45, 7) is 4.06. The van der Waals surface area contributed by atoms with Crippen LogP contribution < -0.4 is 0 Å². The molecule has 5 nitrogen and oxygen atoms in total. The predicted molar refractivity (Wildman–Crippen MR) is 68.3 cm³/mol. The quantitative estimate of drug-likeness (QED) is 0.439. The highest BCUT2D eigenvalue weighted by atomic mass is 16.6. The van der Waals surface area contributed by atoms with E-state index in [0.29, 0.717) is 24.7 Å². The molecule has 3 aliphatic rings. The van der Waals surface area contributed by atoms with E-state index in [0.717, 1.165) is 0 Å². The number of cyclic esters (lactones) is 1. The minimum Gasteiger partial charge on any atom is -0.434 e. The van der Waals surface area contributed by atoms with Crippen molar-refractivity contribution in [2.75, 3.05) is 0 Å². The van der Waals surface area contributed by atoms with Gasteiger partial charge < -0.3 is 9.84 Å². The molecular formula is C15H18O5. The highest BCUT2D eigenvalue weighted by Crippen LogP contribution is 2.61. The molecule has 1 spiro atoms. The fourth-order valence-electron chi connectivity index (χ4n) is 4.34. The number of hydrogen-bond acceptors (Lipinski definition) is 5. The molecule has 4 atom stereocenters. The Morgan fingerprint density at radius 2 is 2.10 bits per heavy atom. The third-order valence-electron chi connectivity index (χ3n) is 5.38. The number of Topliss-reactive ketones (excluding diaryl/α,β-unsaturated/α-hetero) is 1. The summed E-state index contributed by atoms with van der Waals surface area (Å²) in [6, 6.07) is 0. The first-order valence-corrected chi connectivity index (χ1v) is 6.93. The first-order valence-electron chi connectivity index (χ1n) is 6.93. The summed E-state index contributed by atoms with van der Waals surface area (Å²) in [7, 11) is 0. The van der Waals surface area contributed by atoms with Crippen LogP contribution in [0.1, 0.15) is 33.1 Å². The van der Waals surface area contributed by atoms with Crippen molar-refractivity contribution in [2.45, 2.75) is 39.4 Å². The zero-order valence-corrected chi connectivity index (χ0v) is 11.6. The van der Waals surface area contributed by atoms with Crippen molar-refractivity contribution in [3.05, 3.63) is 11.6 Å². The maximum absolute atomic E-state index is 12.6. The molecule has 1 aliphatic heterocycles. The van der Waals surface area contributed by atoms with Crippen LogP contribution in [0.4, 0.5) is 0 Å². The second-order valence-electron chi connectivity index (χ2n) is 6.66. The number of carbonyl (C=O) groups excluding carboxylic acids is 3. The van der Waals surface area contributed by atoms with Crippen LogP contribution in [-0.2, 0) is 19.1 Å². The monoisotopic (exact) mass is 278 g/mol. The lowest BCUT2D eigenvalue weighted by Gasteiger charge is -2.51. The summed E-state index contributed by atoms with van der Waals surface area (Å²) < 4.78 is 4.96. The first kappa shape index (κ1) is 13.5. The van der Waals surface area contributed by atoms with Crippen LogP contribution in [0.5, 0.6) is 0 Å². The summed E-state index contributed by atoms with van der Waals surface area (Å²) in [5, 5.41) is 10.0. The van der Waals surface area contributed by atoms with E-state index >= 15 is 0 Å². The van der Waals surface area contributed by atoms with Gasteiger partial charge in [-0.3, -0.25) is 14.4 Å². The Morgan fingerprint density at radius 3 is 2.75 bits per heavy atom. The second kappa shape index (κ2) is 4.01. The van der Waals surface area contributed by atoms with Crippen molar-refractivity contribution in [2.24, 2.45) is 22.7 Å². The van der Waals surface area contributed by atoms with Gasteiger partial charge in [0.1, 0.15) is 11.7 Å². The van der Waals surface area contributed by atoms with Crippen molar-refractivity contribution < 1.29 is 24.2 Å². The Labute approximate surface area is 117 Å². The van der Waals surface area contributed by atoms with Crippen LogP contribution >= 0.6 is 0 Å². The normalized spacial score (nSPS) is 42.4. The number of carbonyl (C=O) groups is 3. The minimum absolute atomic E-state index is 0.194. The molecule has 20 heavy (non-hydrogen) atoms. The summed E-state index contributed by atoms with van der Waals surface area (Å²) in [5.74, 6) is -1.93. The molecule has 0 amide bonds. The van der Waals surface area contributed by atoms with Crippen molar-refractivity contribution >= 4 is 18.0 Å². The molecule has 3 rings (SSSR count). The molecule has 0 radical (unpaired) electrons. The zero-order valence-electron chi connectivity index (χ0n) is 11.6. The molecule has 0 bridgehead atoms. The molecule has 0 aromatic heterocycles.